The van der Waals surface area contributed by atoms with E-state index in [1.807, 2.05) is 19.9 Å². The summed E-state index contributed by atoms with van der Waals surface area (Å²) >= 11 is 0. The zero-order chi connectivity index (χ0) is 30.5. The third kappa shape index (κ3) is 7.07. The highest BCUT2D eigenvalue weighted by Gasteiger charge is 2.31. The molecular weight excluding hydrogens is 543 g/mol. The lowest BCUT2D eigenvalue weighted by atomic mass is 10.0. The zero-order valence-electron chi connectivity index (χ0n) is 24.2. The number of azide groups is 1. The number of hydrogen-bond donors (Lipinski definition) is 1. The number of benzene rings is 2. The van der Waals surface area contributed by atoms with Crippen molar-refractivity contribution in [2.75, 3.05) is 39.4 Å². The van der Waals surface area contributed by atoms with E-state index < -0.39 is 28.6 Å². The molecule has 1 fully saturated rings. The molecule has 222 valence electrons. The molecule has 12 heteroatoms. The molecular formula is C30H35FN6O5. The molecule has 1 aliphatic heterocycles. The van der Waals surface area contributed by atoms with Crippen molar-refractivity contribution in [3.63, 3.8) is 0 Å². The first-order chi connectivity index (χ1) is 19.9. The number of ketones is 1. The first-order valence-electron chi connectivity index (χ1n) is 13.7. The summed E-state index contributed by atoms with van der Waals surface area (Å²) in [6, 6.07) is 11.5. The molecule has 2 heterocycles. The average Bonchev–Trinajstić information content (AvgIpc) is 3.43. The highest BCUT2D eigenvalue weighted by molar-refractivity contribution is 6.45. The molecule has 0 spiro atoms. The molecule has 2 aromatic carbocycles. The Bertz CT molecular complexity index is 1510. The van der Waals surface area contributed by atoms with E-state index in [0.717, 1.165) is 0 Å². The standard InChI is InChI=1S/C30H35FN6O5/c1-29(2,34-35-32)19-42-30(3,4)12-17-41-23-11-10-22(31)24-21(18-33-25(23)24)26(38)28(40)37-15-13-36(14-16-37)27(39)20-8-6-5-7-9-20/h5-11,18,33H,12-17,19H2,1-4H3. The molecule has 1 aliphatic rings. The summed E-state index contributed by atoms with van der Waals surface area (Å²) in [5.74, 6) is -2.05. The van der Waals surface area contributed by atoms with E-state index in [9.17, 15) is 18.8 Å². The molecule has 42 heavy (non-hydrogen) atoms. The van der Waals surface area contributed by atoms with Gasteiger partial charge in [0.05, 0.1) is 40.8 Å². The van der Waals surface area contributed by atoms with Gasteiger partial charge in [-0.25, -0.2) is 4.39 Å². The molecule has 11 nitrogen and oxygen atoms in total. The maximum Gasteiger partial charge on any atom is 0.295 e. The third-order valence-corrected chi connectivity index (χ3v) is 7.15. The number of piperazine rings is 1. The second kappa shape index (κ2) is 12.6. The van der Waals surface area contributed by atoms with Crippen molar-refractivity contribution in [3.05, 3.63) is 76.0 Å². The fourth-order valence-corrected chi connectivity index (χ4v) is 4.62. The number of hydrogen-bond acceptors (Lipinski definition) is 6. The number of aromatic amines is 1. The van der Waals surface area contributed by atoms with Crippen molar-refractivity contribution in [2.24, 2.45) is 5.11 Å². The molecule has 1 saturated heterocycles. The van der Waals surface area contributed by atoms with Gasteiger partial charge in [0, 0.05) is 49.3 Å². The molecule has 1 N–H and O–H groups in total. The number of amides is 2. The molecule has 0 atom stereocenters. The minimum Gasteiger partial charge on any atom is -0.491 e. The van der Waals surface area contributed by atoms with Crippen LogP contribution in [0.15, 0.2) is 53.8 Å². The summed E-state index contributed by atoms with van der Waals surface area (Å²) < 4.78 is 26.8. The van der Waals surface area contributed by atoms with Gasteiger partial charge in [-0.05, 0) is 43.6 Å². The van der Waals surface area contributed by atoms with Crippen LogP contribution in [0.25, 0.3) is 21.3 Å². The summed E-state index contributed by atoms with van der Waals surface area (Å²) in [6.07, 6.45) is 1.79. The number of ether oxygens (including phenoxy) is 2. The Kier molecular flexibility index (Phi) is 9.18. The lowest BCUT2D eigenvalue weighted by Gasteiger charge is -2.34. The lowest BCUT2D eigenvalue weighted by Crippen LogP contribution is -2.52. The van der Waals surface area contributed by atoms with Crippen LogP contribution in [-0.2, 0) is 9.53 Å². The molecule has 0 saturated carbocycles. The van der Waals surface area contributed by atoms with Gasteiger partial charge in [-0.3, -0.25) is 14.4 Å². The number of nitrogens with one attached hydrogen (secondary N) is 1. The van der Waals surface area contributed by atoms with Crippen molar-refractivity contribution in [2.45, 2.75) is 45.3 Å². The van der Waals surface area contributed by atoms with Crippen LogP contribution in [0.5, 0.6) is 5.75 Å². The van der Waals surface area contributed by atoms with Crippen molar-refractivity contribution in [3.8, 4) is 5.75 Å². The van der Waals surface area contributed by atoms with Crippen LogP contribution >= 0.6 is 0 Å². The molecule has 1 aromatic heterocycles. The number of carbonyl (C=O) groups is 3. The van der Waals surface area contributed by atoms with Gasteiger partial charge in [-0.2, -0.15) is 0 Å². The van der Waals surface area contributed by atoms with Gasteiger partial charge in [-0.15, -0.1) is 0 Å². The van der Waals surface area contributed by atoms with Gasteiger partial charge in [0.15, 0.2) is 0 Å². The smallest absolute Gasteiger partial charge is 0.295 e. The molecule has 3 aromatic rings. The highest BCUT2D eigenvalue weighted by atomic mass is 19.1. The van der Waals surface area contributed by atoms with Gasteiger partial charge in [-0.1, -0.05) is 37.2 Å². The molecule has 0 bridgehead atoms. The van der Waals surface area contributed by atoms with Crippen molar-refractivity contribution < 1.29 is 28.2 Å². The fraction of sp³-hybridized carbons (Fsp3) is 0.433. The van der Waals surface area contributed by atoms with E-state index >= 15 is 0 Å². The number of nitrogens with zero attached hydrogens (tertiary/aromatic N) is 5. The normalized spacial score (nSPS) is 14.0. The van der Waals surface area contributed by atoms with Crippen LogP contribution in [0.2, 0.25) is 0 Å². The Hall–Kier alpha value is -4.41. The van der Waals surface area contributed by atoms with Crippen LogP contribution < -0.4 is 4.74 Å². The van der Waals surface area contributed by atoms with Gasteiger partial charge in [0.25, 0.3) is 17.6 Å². The van der Waals surface area contributed by atoms with Crippen LogP contribution in [-0.4, -0.2) is 82.9 Å². The molecule has 0 unspecified atom stereocenters. The summed E-state index contributed by atoms with van der Waals surface area (Å²) in [5, 5.41) is 3.71. The second-order valence-corrected chi connectivity index (χ2v) is 11.4. The maximum absolute atomic E-state index is 15.0. The fourth-order valence-electron chi connectivity index (χ4n) is 4.62. The van der Waals surface area contributed by atoms with Crippen LogP contribution in [0, 0.1) is 5.82 Å². The Labute approximate surface area is 243 Å². The third-order valence-electron chi connectivity index (χ3n) is 7.15. The maximum atomic E-state index is 15.0. The van der Waals surface area contributed by atoms with Gasteiger partial charge >= 0.3 is 0 Å². The molecule has 4 rings (SSSR count). The van der Waals surface area contributed by atoms with Crippen molar-refractivity contribution in [1.82, 2.24) is 14.8 Å². The van der Waals surface area contributed by atoms with Gasteiger partial charge in [0.1, 0.15) is 11.6 Å². The SMILES string of the molecule is CC(C)(COC(C)(C)CCOc1ccc(F)c2c(C(=O)C(=O)N3CCN(C(=O)c4ccccc4)CC3)c[nH]c12)N=[N+]=[N-]. The number of H-pyrrole nitrogens is 1. The predicted octanol–water partition coefficient (Wildman–Crippen LogP) is 5.13. The minimum absolute atomic E-state index is 0.0182. The summed E-state index contributed by atoms with van der Waals surface area (Å²) in [6.45, 7) is 8.73. The first-order valence-corrected chi connectivity index (χ1v) is 13.7. The van der Waals surface area contributed by atoms with E-state index in [0.29, 0.717) is 17.7 Å². The van der Waals surface area contributed by atoms with Gasteiger partial charge in [0.2, 0.25) is 0 Å². The van der Waals surface area contributed by atoms with Crippen LogP contribution in [0.1, 0.15) is 54.8 Å². The number of halogens is 1. The average molecular weight is 579 g/mol. The van der Waals surface area contributed by atoms with E-state index in [4.69, 9.17) is 15.0 Å². The van der Waals surface area contributed by atoms with E-state index in [2.05, 4.69) is 15.0 Å². The van der Waals surface area contributed by atoms with Crippen molar-refractivity contribution >= 4 is 28.5 Å². The minimum atomic E-state index is -0.836. The number of rotatable bonds is 11. The Morgan fingerprint density at radius 1 is 1.02 bits per heavy atom. The largest absolute Gasteiger partial charge is 0.491 e. The zero-order valence-corrected chi connectivity index (χ0v) is 24.2. The Morgan fingerprint density at radius 3 is 2.36 bits per heavy atom. The Balaban J connectivity index is 1.39. The summed E-state index contributed by atoms with van der Waals surface area (Å²) in [4.78, 5) is 47.8. The molecule has 2 amide bonds. The predicted molar refractivity (Wildman–Crippen MR) is 155 cm³/mol. The number of aromatic nitrogens is 1. The number of fused-ring (bicyclic) bond motifs is 1. The number of carbonyl (C=O) groups excluding carboxylic acids is 3. The molecule has 0 radical (unpaired) electrons. The first kappa shape index (κ1) is 30.5. The Morgan fingerprint density at radius 2 is 1.69 bits per heavy atom. The van der Waals surface area contributed by atoms with E-state index in [1.165, 1.54) is 23.2 Å². The second-order valence-electron chi connectivity index (χ2n) is 11.4. The van der Waals surface area contributed by atoms with Crippen LogP contribution in [0.4, 0.5) is 4.39 Å². The quantitative estimate of drug-likeness (QED) is 0.110. The van der Waals surface area contributed by atoms with Crippen LogP contribution in [0.3, 0.4) is 0 Å². The summed E-state index contributed by atoms with van der Waals surface area (Å²) in [7, 11) is 0. The van der Waals surface area contributed by atoms with Crippen molar-refractivity contribution in [1.29, 1.82) is 0 Å². The highest BCUT2D eigenvalue weighted by Crippen LogP contribution is 2.31. The van der Waals surface area contributed by atoms with E-state index in [-0.39, 0.29) is 61.8 Å². The monoisotopic (exact) mass is 578 g/mol. The summed E-state index contributed by atoms with van der Waals surface area (Å²) in [5.41, 5.74) is 8.16. The lowest BCUT2D eigenvalue weighted by molar-refractivity contribution is -0.127. The van der Waals surface area contributed by atoms with Gasteiger partial charge < -0.3 is 24.3 Å². The number of Topliss-reactive ketones (excluding diaryl/α,β-unsaturated/α-hetero) is 1. The van der Waals surface area contributed by atoms with E-state index in [1.54, 1.807) is 43.0 Å². The molecule has 0 aliphatic carbocycles. The topological polar surface area (TPSA) is 141 Å².